The molecule has 14 heteroatoms. The SMILES string of the molecule is CC(=O)CC(=O)O.CC(=O)CC(C)=O.CC(=O)CS(C)(=O)=O.CS(=O)(=O)CC(=O)O.c1ccccc1.c1ccccc1.c1ccccc1.c1ccccc1. The lowest BCUT2D eigenvalue weighted by Crippen LogP contribution is -2.12. The lowest BCUT2D eigenvalue weighted by atomic mass is 10.2. The molecular formula is C40H52O12S2. The van der Waals surface area contributed by atoms with E-state index in [2.05, 4.69) is 0 Å². The van der Waals surface area contributed by atoms with Gasteiger partial charge in [-0.2, -0.15) is 0 Å². The second-order valence-corrected chi connectivity index (χ2v) is 15.0. The first-order valence-electron chi connectivity index (χ1n) is 15.9. The first-order chi connectivity index (χ1) is 25.1. The molecule has 0 radical (unpaired) electrons. The molecule has 0 saturated heterocycles. The van der Waals surface area contributed by atoms with Crippen LogP contribution in [0, 0.1) is 0 Å². The third kappa shape index (κ3) is 72.2. The Morgan fingerprint density at radius 3 is 0.537 bits per heavy atom. The van der Waals surface area contributed by atoms with Gasteiger partial charge in [-0.1, -0.05) is 146 Å². The Labute approximate surface area is 319 Å². The standard InChI is InChI=1S/4C6H6.C5H8O2.C4H8O3S.C4H6O3.C3H6O4S/c4*1-2-4-6-5-3-1;1-4(6)3-5(2)7;1-4(5)3-8(2,6)7;1-3(5)2-4(6)7;1-8(6,7)2-3(4)5/h4*1-6H;3H2,1-2H3;3H2,1-2H3;2H2,1H3,(H,6,7);2H2,1H3,(H,4,5). The summed E-state index contributed by atoms with van der Waals surface area (Å²) in [7, 11) is -6.40. The third-order valence-corrected chi connectivity index (χ3v) is 6.12. The molecule has 0 unspecified atom stereocenters. The molecule has 0 aliphatic heterocycles. The molecule has 0 aliphatic carbocycles. The van der Waals surface area contributed by atoms with Gasteiger partial charge in [0.25, 0.3) is 0 Å². The number of rotatable bonds is 8. The van der Waals surface area contributed by atoms with Crippen molar-refractivity contribution < 1.29 is 55.8 Å². The molecule has 0 saturated carbocycles. The van der Waals surface area contributed by atoms with E-state index in [9.17, 15) is 45.6 Å². The van der Waals surface area contributed by atoms with Gasteiger partial charge in [0.2, 0.25) is 0 Å². The molecule has 0 heterocycles. The van der Waals surface area contributed by atoms with Gasteiger partial charge in [-0.25, -0.2) is 16.8 Å². The Kier molecular flexibility index (Phi) is 38.0. The molecule has 4 aromatic carbocycles. The maximum absolute atomic E-state index is 10.2. The highest BCUT2D eigenvalue weighted by molar-refractivity contribution is 7.91. The molecule has 296 valence electrons. The van der Waals surface area contributed by atoms with Crippen LogP contribution in [-0.2, 0) is 48.4 Å². The molecule has 54 heavy (non-hydrogen) atoms. The topological polar surface area (TPSA) is 211 Å². The zero-order valence-electron chi connectivity index (χ0n) is 31.5. The van der Waals surface area contributed by atoms with E-state index in [0.29, 0.717) is 0 Å². The molecule has 0 fully saturated rings. The number of carboxylic acid groups (broad SMARTS) is 2. The Morgan fingerprint density at radius 1 is 0.333 bits per heavy atom. The quantitative estimate of drug-likeness (QED) is 0.194. The summed E-state index contributed by atoms with van der Waals surface area (Å²) in [6.07, 6.45) is 1.63. The molecule has 2 N–H and O–H groups in total. The minimum Gasteiger partial charge on any atom is -0.481 e. The highest BCUT2D eigenvalue weighted by Gasteiger charge is 2.07. The molecule has 0 amide bonds. The fourth-order valence-corrected chi connectivity index (χ4v) is 3.88. The summed E-state index contributed by atoms with van der Waals surface area (Å²) in [5.41, 5.74) is 0. The normalized spacial score (nSPS) is 9.00. The highest BCUT2D eigenvalue weighted by atomic mass is 32.2. The average molecular weight is 789 g/mol. The van der Waals surface area contributed by atoms with E-state index in [1.54, 1.807) is 0 Å². The van der Waals surface area contributed by atoms with Crippen LogP contribution in [0.2, 0.25) is 0 Å². The van der Waals surface area contributed by atoms with E-state index in [-0.39, 0.29) is 41.7 Å². The molecule has 0 aliphatic rings. The summed E-state index contributed by atoms with van der Waals surface area (Å²) >= 11 is 0. The van der Waals surface area contributed by atoms with E-state index in [4.69, 9.17) is 10.2 Å². The van der Waals surface area contributed by atoms with Gasteiger partial charge >= 0.3 is 11.9 Å². The van der Waals surface area contributed by atoms with Gasteiger partial charge in [0.05, 0.1) is 6.42 Å². The minimum absolute atomic E-state index is 0.0625. The van der Waals surface area contributed by atoms with E-state index in [1.807, 2.05) is 146 Å². The first kappa shape index (κ1) is 55.2. The van der Waals surface area contributed by atoms with Gasteiger partial charge in [0, 0.05) is 12.5 Å². The fraction of sp³-hybridized carbons (Fsp3) is 0.250. The molecule has 0 bridgehead atoms. The van der Waals surface area contributed by atoms with Crippen molar-refractivity contribution in [3.8, 4) is 0 Å². The zero-order chi connectivity index (χ0) is 42.3. The second-order valence-electron chi connectivity index (χ2n) is 10.7. The highest BCUT2D eigenvalue weighted by Crippen LogP contribution is 1.84. The van der Waals surface area contributed by atoms with Crippen LogP contribution in [0.15, 0.2) is 146 Å². The fourth-order valence-electron chi connectivity index (χ4n) is 2.70. The molecule has 12 nitrogen and oxygen atoms in total. The number of aliphatic carboxylic acids is 2. The Hall–Kier alpha value is -5.60. The molecule has 4 rings (SSSR count). The van der Waals surface area contributed by atoms with Crippen molar-refractivity contribution >= 4 is 54.7 Å². The minimum atomic E-state index is -3.32. The van der Waals surface area contributed by atoms with Gasteiger partial charge in [0.1, 0.15) is 41.1 Å². The van der Waals surface area contributed by atoms with Crippen LogP contribution in [0.5, 0.6) is 0 Å². The summed E-state index contributed by atoms with van der Waals surface area (Å²) < 4.78 is 40.6. The van der Waals surface area contributed by atoms with E-state index < -0.39 is 37.4 Å². The largest absolute Gasteiger partial charge is 0.481 e. The average Bonchev–Trinajstić information content (AvgIpc) is 3.06. The Morgan fingerprint density at radius 2 is 0.519 bits per heavy atom. The van der Waals surface area contributed by atoms with Gasteiger partial charge in [-0.05, 0) is 27.7 Å². The third-order valence-electron chi connectivity index (χ3n) is 4.42. The van der Waals surface area contributed by atoms with Gasteiger partial charge in [0.15, 0.2) is 19.7 Å². The lowest BCUT2D eigenvalue weighted by molar-refractivity contribution is -0.140. The van der Waals surface area contributed by atoms with Gasteiger partial charge in [-0.15, -0.1) is 0 Å². The Balaban J connectivity index is -0.000000265. The molecule has 0 spiro atoms. The number of ketones is 4. The number of carbonyl (C=O) groups is 6. The number of carbonyl (C=O) groups excluding carboxylic acids is 4. The van der Waals surface area contributed by atoms with Crippen LogP contribution in [-0.4, -0.2) is 86.1 Å². The number of benzene rings is 4. The molecule has 0 atom stereocenters. The van der Waals surface area contributed by atoms with Crippen LogP contribution in [0.1, 0.15) is 40.5 Å². The summed E-state index contributed by atoms with van der Waals surface area (Å²) in [5, 5.41) is 15.7. The zero-order valence-corrected chi connectivity index (χ0v) is 33.1. The summed E-state index contributed by atoms with van der Waals surface area (Å²) in [5.74, 6) is -4.25. The summed E-state index contributed by atoms with van der Waals surface area (Å²) in [6, 6.07) is 48.0. The van der Waals surface area contributed by atoms with Crippen molar-refractivity contribution in [2.45, 2.75) is 40.5 Å². The van der Waals surface area contributed by atoms with Crippen LogP contribution < -0.4 is 0 Å². The Bertz CT molecular complexity index is 1420. The summed E-state index contributed by atoms with van der Waals surface area (Å²) in [4.78, 5) is 59.2. The van der Waals surface area contributed by atoms with Crippen molar-refractivity contribution in [1.82, 2.24) is 0 Å². The van der Waals surface area contributed by atoms with Crippen LogP contribution >= 0.6 is 0 Å². The van der Waals surface area contributed by atoms with E-state index in [0.717, 1.165) is 12.5 Å². The van der Waals surface area contributed by atoms with Crippen LogP contribution in [0.3, 0.4) is 0 Å². The van der Waals surface area contributed by atoms with Crippen molar-refractivity contribution in [3.05, 3.63) is 146 Å². The van der Waals surface area contributed by atoms with Crippen molar-refractivity contribution in [2.75, 3.05) is 24.0 Å². The van der Waals surface area contributed by atoms with Crippen LogP contribution in [0.4, 0.5) is 0 Å². The lowest BCUT2D eigenvalue weighted by Gasteiger charge is -1.87. The number of carboxylic acids is 2. The monoisotopic (exact) mass is 788 g/mol. The smallest absolute Gasteiger partial charge is 0.318 e. The maximum Gasteiger partial charge on any atom is 0.318 e. The molecule has 0 aromatic heterocycles. The van der Waals surface area contributed by atoms with Crippen LogP contribution in [0.25, 0.3) is 0 Å². The van der Waals surface area contributed by atoms with Crippen molar-refractivity contribution in [1.29, 1.82) is 0 Å². The summed E-state index contributed by atoms with van der Waals surface area (Å²) in [6.45, 7) is 5.30. The maximum atomic E-state index is 10.2. The van der Waals surface area contributed by atoms with Gasteiger partial charge < -0.3 is 10.2 Å². The van der Waals surface area contributed by atoms with E-state index in [1.165, 1.54) is 27.7 Å². The number of sulfone groups is 2. The first-order valence-corrected chi connectivity index (χ1v) is 20.0. The van der Waals surface area contributed by atoms with E-state index >= 15 is 0 Å². The molecular weight excluding hydrogens is 737 g/mol. The van der Waals surface area contributed by atoms with Gasteiger partial charge in [-0.3, -0.25) is 28.8 Å². The second kappa shape index (κ2) is 37.2. The van der Waals surface area contributed by atoms with Crippen molar-refractivity contribution in [2.24, 2.45) is 0 Å². The number of hydrogen-bond donors (Lipinski definition) is 2. The predicted molar refractivity (Wildman–Crippen MR) is 212 cm³/mol. The number of hydrogen-bond acceptors (Lipinski definition) is 10. The molecule has 4 aromatic rings. The predicted octanol–water partition coefficient (Wildman–Crippen LogP) is 6.09. The number of Topliss-reactive ketones (excluding diaryl/α,β-unsaturated/α-hetero) is 4. The van der Waals surface area contributed by atoms with Crippen molar-refractivity contribution in [3.63, 3.8) is 0 Å².